The number of benzene rings is 2. The second-order valence-electron chi connectivity index (χ2n) is 7.56. The summed E-state index contributed by atoms with van der Waals surface area (Å²) in [5, 5.41) is 11.9. The van der Waals surface area contributed by atoms with E-state index in [2.05, 4.69) is 27.8 Å². The number of aliphatic hydroxyl groups excluding tert-OH is 1. The third kappa shape index (κ3) is 5.22. The molecule has 2 N–H and O–H groups in total. The average molecular weight is 501 g/mol. The monoisotopic (exact) mass is 500 g/mol. The molecule has 7 heteroatoms. The third-order valence-electron chi connectivity index (χ3n) is 5.21. The summed E-state index contributed by atoms with van der Waals surface area (Å²) in [5.41, 5.74) is 0.446. The highest BCUT2D eigenvalue weighted by atomic mass is 79.9. The van der Waals surface area contributed by atoms with Crippen LogP contribution >= 0.6 is 15.9 Å². The number of carbonyl (C=O) groups is 1. The predicted molar refractivity (Wildman–Crippen MR) is 129 cm³/mol. The van der Waals surface area contributed by atoms with Gasteiger partial charge in [0.05, 0.1) is 6.61 Å². The number of nitrogens with zero attached hydrogens (tertiary/aromatic N) is 1. The summed E-state index contributed by atoms with van der Waals surface area (Å²) in [6.07, 6.45) is 2.83. The van der Waals surface area contributed by atoms with E-state index >= 15 is 0 Å². The molecule has 0 saturated heterocycles. The van der Waals surface area contributed by atoms with Gasteiger partial charge in [-0.1, -0.05) is 47.1 Å². The molecule has 6 nitrogen and oxygen atoms in total. The van der Waals surface area contributed by atoms with Crippen LogP contribution in [-0.2, 0) is 9.53 Å². The number of rotatable bonds is 11. The number of nitrogens with one attached hydrogen (secondary N) is 1. The maximum atomic E-state index is 13.4. The summed E-state index contributed by atoms with van der Waals surface area (Å²) >= 11 is 3.60. The van der Waals surface area contributed by atoms with Crippen molar-refractivity contribution in [2.24, 2.45) is 4.99 Å². The van der Waals surface area contributed by atoms with E-state index in [9.17, 15) is 4.79 Å². The standard InChI is InChI=1S/C25H29BrN2O4/c1-3-14-25(24(30)27-15-4-2)22(20-8-5-6-9-21(20)26)32-23(28-25)18-10-12-19(13-11-18)31-17-7-16-29/h3,5-6,8-13,22,29H,1,4,7,14-17H2,2H3,(H,27,30)/t22-,25-/m1/s1. The molecule has 2 aromatic rings. The van der Waals surface area contributed by atoms with Gasteiger partial charge in [0.25, 0.3) is 5.91 Å². The molecule has 0 spiro atoms. The lowest BCUT2D eigenvalue weighted by Gasteiger charge is -2.30. The largest absolute Gasteiger partial charge is 0.494 e. The lowest BCUT2D eigenvalue weighted by Crippen LogP contribution is -2.48. The number of hydrogen-bond acceptors (Lipinski definition) is 5. The highest BCUT2D eigenvalue weighted by molar-refractivity contribution is 9.10. The highest BCUT2D eigenvalue weighted by Gasteiger charge is 2.52. The van der Waals surface area contributed by atoms with E-state index < -0.39 is 11.6 Å². The first-order valence-corrected chi connectivity index (χ1v) is 11.6. The number of aliphatic hydroxyl groups is 1. The maximum Gasteiger partial charge on any atom is 0.252 e. The Morgan fingerprint density at radius 2 is 2.06 bits per heavy atom. The summed E-state index contributed by atoms with van der Waals surface area (Å²) in [4.78, 5) is 18.2. The van der Waals surface area contributed by atoms with Gasteiger partial charge in [-0.2, -0.15) is 0 Å². The fourth-order valence-corrected chi connectivity index (χ4v) is 4.08. The Morgan fingerprint density at radius 1 is 1.31 bits per heavy atom. The SMILES string of the molecule is C=CC[C@@]1(C(=O)NCCC)N=C(c2ccc(OCCCO)cc2)O[C@@H]1c1ccccc1Br. The Kier molecular flexibility index (Phi) is 8.47. The fourth-order valence-electron chi connectivity index (χ4n) is 3.59. The molecule has 170 valence electrons. The van der Waals surface area contributed by atoms with Gasteiger partial charge in [0.1, 0.15) is 5.75 Å². The molecule has 0 aromatic heterocycles. The minimum atomic E-state index is -1.16. The number of ether oxygens (including phenoxy) is 2. The highest BCUT2D eigenvalue weighted by Crippen LogP contribution is 2.44. The zero-order valence-corrected chi connectivity index (χ0v) is 19.8. The Hall–Kier alpha value is -2.64. The van der Waals surface area contributed by atoms with Gasteiger partial charge in [0.15, 0.2) is 11.6 Å². The van der Waals surface area contributed by atoms with Gasteiger partial charge < -0.3 is 19.9 Å². The molecule has 3 rings (SSSR count). The number of halogens is 1. The molecule has 0 aliphatic carbocycles. The first-order valence-electron chi connectivity index (χ1n) is 10.8. The van der Waals surface area contributed by atoms with Crippen molar-refractivity contribution < 1.29 is 19.4 Å². The summed E-state index contributed by atoms with van der Waals surface area (Å²) in [6.45, 7) is 6.98. The predicted octanol–water partition coefficient (Wildman–Crippen LogP) is 4.57. The Morgan fingerprint density at radius 3 is 2.72 bits per heavy atom. The molecule has 0 saturated carbocycles. The van der Waals surface area contributed by atoms with E-state index in [0.29, 0.717) is 37.6 Å². The molecule has 0 bridgehead atoms. The van der Waals surface area contributed by atoms with Gasteiger partial charge >= 0.3 is 0 Å². The van der Waals surface area contributed by atoms with E-state index in [1.165, 1.54) is 0 Å². The topological polar surface area (TPSA) is 80.2 Å². The third-order valence-corrected chi connectivity index (χ3v) is 5.93. The van der Waals surface area contributed by atoms with E-state index in [-0.39, 0.29) is 12.5 Å². The van der Waals surface area contributed by atoms with Crippen LogP contribution in [0.15, 0.2) is 70.7 Å². The van der Waals surface area contributed by atoms with Gasteiger partial charge in [0, 0.05) is 41.6 Å². The van der Waals surface area contributed by atoms with Gasteiger partial charge in [-0.25, -0.2) is 4.99 Å². The number of carbonyl (C=O) groups excluding carboxylic acids is 1. The van der Waals surface area contributed by atoms with E-state index in [1.807, 2.05) is 55.5 Å². The van der Waals surface area contributed by atoms with Crippen LogP contribution < -0.4 is 10.1 Å². The first kappa shape index (κ1) is 24.0. The molecule has 0 radical (unpaired) electrons. The van der Waals surface area contributed by atoms with Gasteiger partial charge in [0.2, 0.25) is 5.90 Å². The van der Waals surface area contributed by atoms with Crippen LogP contribution in [0.25, 0.3) is 0 Å². The first-order chi connectivity index (χ1) is 15.6. The molecule has 0 fully saturated rings. The molecule has 2 atom stereocenters. The van der Waals surface area contributed by atoms with Crippen molar-refractivity contribution in [1.29, 1.82) is 0 Å². The van der Waals surface area contributed by atoms with Crippen LogP contribution in [0, 0.1) is 0 Å². The average Bonchev–Trinajstić information content (AvgIpc) is 3.19. The minimum Gasteiger partial charge on any atom is -0.494 e. The summed E-state index contributed by atoms with van der Waals surface area (Å²) in [6, 6.07) is 15.1. The molecular weight excluding hydrogens is 472 g/mol. The van der Waals surface area contributed by atoms with E-state index in [1.54, 1.807) is 6.08 Å². The molecule has 32 heavy (non-hydrogen) atoms. The van der Waals surface area contributed by atoms with Crippen molar-refractivity contribution in [3.05, 3.63) is 76.8 Å². The Balaban J connectivity index is 1.98. The second kappa shape index (κ2) is 11.3. The molecule has 2 aromatic carbocycles. The zero-order chi connectivity index (χ0) is 23.0. The quantitative estimate of drug-likeness (QED) is 0.349. The summed E-state index contributed by atoms with van der Waals surface area (Å²) in [5.74, 6) is 0.918. The zero-order valence-electron chi connectivity index (χ0n) is 18.2. The molecule has 1 heterocycles. The van der Waals surface area contributed by atoms with Crippen LogP contribution in [0.1, 0.15) is 43.4 Å². The van der Waals surface area contributed by atoms with Crippen molar-refractivity contribution in [3.8, 4) is 5.75 Å². The van der Waals surface area contributed by atoms with Crippen molar-refractivity contribution in [2.75, 3.05) is 19.8 Å². The number of amides is 1. The van der Waals surface area contributed by atoms with Crippen LogP contribution in [0.2, 0.25) is 0 Å². The van der Waals surface area contributed by atoms with Crippen molar-refractivity contribution in [1.82, 2.24) is 5.32 Å². The van der Waals surface area contributed by atoms with Crippen LogP contribution in [-0.4, -0.2) is 42.2 Å². The second-order valence-corrected chi connectivity index (χ2v) is 8.41. The van der Waals surface area contributed by atoms with Crippen LogP contribution in [0.5, 0.6) is 5.75 Å². The summed E-state index contributed by atoms with van der Waals surface area (Å²) in [7, 11) is 0. The lowest BCUT2D eigenvalue weighted by molar-refractivity contribution is -0.128. The molecule has 1 aliphatic rings. The number of aliphatic imine (C=N–C) groups is 1. The lowest BCUT2D eigenvalue weighted by atomic mass is 9.84. The smallest absolute Gasteiger partial charge is 0.252 e. The van der Waals surface area contributed by atoms with E-state index in [4.69, 9.17) is 19.6 Å². The van der Waals surface area contributed by atoms with Gasteiger partial charge in [-0.05, 0) is 36.8 Å². The summed E-state index contributed by atoms with van der Waals surface area (Å²) < 4.78 is 12.8. The molecule has 1 aliphatic heterocycles. The molecular formula is C25H29BrN2O4. The maximum absolute atomic E-state index is 13.4. The minimum absolute atomic E-state index is 0.0879. The van der Waals surface area contributed by atoms with Crippen LogP contribution in [0.3, 0.4) is 0 Å². The fraction of sp³-hybridized carbons (Fsp3) is 0.360. The Bertz CT molecular complexity index is 961. The van der Waals surface area contributed by atoms with Crippen molar-refractivity contribution in [2.45, 2.75) is 37.8 Å². The van der Waals surface area contributed by atoms with Crippen molar-refractivity contribution >= 4 is 27.7 Å². The van der Waals surface area contributed by atoms with Crippen LogP contribution in [0.4, 0.5) is 0 Å². The van der Waals surface area contributed by atoms with Crippen molar-refractivity contribution in [3.63, 3.8) is 0 Å². The van der Waals surface area contributed by atoms with E-state index in [0.717, 1.165) is 22.0 Å². The van der Waals surface area contributed by atoms with Gasteiger partial charge in [-0.3, -0.25) is 4.79 Å². The Labute approximate surface area is 197 Å². The molecule has 0 unspecified atom stereocenters. The number of hydrogen-bond donors (Lipinski definition) is 2. The van der Waals surface area contributed by atoms with Gasteiger partial charge in [-0.15, -0.1) is 6.58 Å². The molecule has 1 amide bonds. The normalized spacial score (nSPS) is 19.7.